The molecule has 0 aliphatic rings. The molecular formula is C29H26N2O4. The Morgan fingerprint density at radius 3 is 2.17 bits per heavy atom. The predicted octanol–water partition coefficient (Wildman–Crippen LogP) is 7.22. The van der Waals surface area contributed by atoms with E-state index < -0.39 is 4.92 Å². The van der Waals surface area contributed by atoms with E-state index in [1.165, 1.54) is 23.8 Å². The molecule has 0 fully saturated rings. The standard InChI is InChI=1S/C29H26N2O4/c1-20(2)22-10-8-21(9-11-22)19-35-28-18-26(31(33)34)16-17-27(28)30-29(32)25-14-12-24(13-15-25)23-6-4-3-5-7-23/h3-18,20H,19H2,1-2H3,(H,30,32). The van der Waals surface area contributed by atoms with Crippen molar-refractivity contribution in [3.63, 3.8) is 0 Å². The van der Waals surface area contributed by atoms with Crippen molar-refractivity contribution in [2.75, 3.05) is 5.32 Å². The minimum atomic E-state index is -0.488. The Hall–Kier alpha value is -4.45. The number of hydrogen-bond donors (Lipinski definition) is 1. The number of benzene rings is 4. The lowest BCUT2D eigenvalue weighted by Gasteiger charge is -2.13. The van der Waals surface area contributed by atoms with Gasteiger partial charge in [-0.05, 0) is 46.4 Å². The maximum Gasteiger partial charge on any atom is 0.273 e. The number of amides is 1. The van der Waals surface area contributed by atoms with Gasteiger partial charge >= 0.3 is 0 Å². The minimum absolute atomic E-state index is 0.111. The van der Waals surface area contributed by atoms with Gasteiger partial charge in [0.05, 0.1) is 16.7 Å². The summed E-state index contributed by atoms with van der Waals surface area (Å²) in [6.07, 6.45) is 0. The van der Waals surface area contributed by atoms with Crippen molar-refractivity contribution in [3.8, 4) is 16.9 Å². The van der Waals surface area contributed by atoms with Gasteiger partial charge < -0.3 is 10.1 Å². The maximum atomic E-state index is 12.9. The van der Waals surface area contributed by atoms with Crippen LogP contribution in [0, 0.1) is 10.1 Å². The van der Waals surface area contributed by atoms with Gasteiger partial charge in [0.1, 0.15) is 12.4 Å². The summed E-state index contributed by atoms with van der Waals surface area (Å²) in [7, 11) is 0. The topological polar surface area (TPSA) is 81.5 Å². The van der Waals surface area contributed by atoms with Gasteiger partial charge in [0.25, 0.3) is 11.6 Å². The van der Waals surface area contributed by atoms with Gasteiger partial charge in [-0.15, -0.1) is 0 Å². The molecule has 1 N–H and O–H groups in total. The van der Waals surface area contributed by atoms with E-state index in [4.69, 9.17) is 4.74 Å². The van der Waals surface area contributed by atoms with Crippen molar-refractivity contribution in [2.45, 2.75) is 26.4 Å². The SMILES string of the molecule is CC(C)c1ccc(COc2cc([N+](=O)[O-])ccc2NC(=O)c2ccc(-c3ccccc3)cc2)cc1. The largest absolute Gasteiger partial charge is 0.486 e. The second-order valence-corrected chi connectivity index (χ2v) is 8.52. The first-order chi connectivity index (χ1) is 16.9. The van der Waals surface area contributed by atoms with E-state index in [1.54, 1.807) is 12.1 Å². The number of nitrogens with one attached hydrogen (secondary N) is 1. The van der Waals surface area contributed by atoms with Crippen molar-refractivity contribution in [1.82, 2.24) is 0 Å². The summed E-state index contributed by atoms with van der Waals surface area (Å²) < 4.78 is 5.91. The molecule has 4 aromatic rings. The van der Waals surface area contributed by atoms with Gasteiger partial charge in [-0.2, -0.15) is 0 Å². The van der Waals surface area contributed by atoms with Crippen LogP contribution in [0.5, 0.6) is 5.75 Å². The Bertz CT molecular complexity index is 1320. The van der Waals surface area contributed by atoms with E-state index in [9.17, 15) is 14.9 Å². The first-order valence-corrected chi connectivity index (χ1v) is 11.4. The molecule has 6 heteroatoms. The molecule has 4 rings (SSSR count). The highest BCUT2D eigenvalue weighted by Gasteiger charge is 2.15. The highest BCUT2D eigenvalue weighted by Crippen LogP contribution is 2.31. The molecule has 6 nitrogen and oxygen atoms in total. The third-order valence-corrected chi connectivity index (χ3v) is 5.72. The van der Waals surface area contributed by atoms with Gasteiger partial charge in [-0.1, -0.05) is 80.6 Å². The van der Waals surface area contributed by atoms with Crippen molar-refractivity contribution >= 4 is 17.3 Å². The Labute approximate surface area is 204 Å². The summed E-state index contributed by atoms with van der Waals surface area (Å²) in [5, 5.41) is 14.1. The van der Waals surface area contributed by atoms with Crippen molar-refractivity contribution in [3.05, 3.63) is 124 Å². The fourth-order valence-electron chi connectivity index (χ4n) is 3.65. The Balaban J connectivity index is 1.51. The summed E-state index contributed by atoms with van der Waals surface area (Å²) in [4.78, 5) is 23.7. The normalized spacial score (nSPS) is 10.7. The van der Waals surface area contributed by atoms with Crippen LogP contribution in [0.15, 0.2) is 97.1 Å². The zero-order valence-electron chi connectivity index (χ0n) is 19.6. The number of carbonyl (C=O) groups is 1. The van der Waals surface area contributed by atoms with E-state index in [1.807, 2.05) is 66.7 Å². The molecule has 0 saturated carbocycles. The lowest BCUT2D eigenvalue weighted by atomic mass is 10.0. The number of nitrogens with zero attached hydrogens (tertiary/aromatic N) is 1. The van der Waals surface area contributed by atoms with E-state index >= 15 is 0 Å². The first kappa shape index (κ1) is 23.7. The predicted molar refractivity (Wildman–Crippen MR) is 138 cm³/mol. The molecule has 0 bridgehead atoms. The smallest absolute Gasteiger partial charge is 0.273 e. The van der Waals surface area contributed by atoms with Crippen LogP contribution in [0.3, 0.4) is 0 Å². The molecule has 0 aliphatic carbocycles. The van der Waals surface area contributed by atoms with Gasteiger partial charge in [0.2, 0.25) is 0 Å². The van der Waals surface area contributed by atoms with Crippen LogP contribution in [0.2, 0.25) is 0 Å². The highest BCUT2D eigenvalue weighted by molar-refractivity contribution is 6.05. The van der Waals surface area contributed by atoms with Crippen molar-refractivity contribution in [1.29, 1.82) is 0 Å². The number of hydrogen-bond acceptors (Lipinski definition) is 4. The molecule has 0 spiro atoms. The second-order valence-electron chi connectivity index (χ2n) is 8.52. The molecule has 176 valence electrons. The monoisotopic (exact) mass is 466 g/mol. The molecule has 0 atom stereocenters. The van der Waals surface area contributed by atoms with Gasteiger partial charge in [0.15, 0.2) is 0 Å². The van der Waals surface area contributed by atoms with E-state index in [2.05, 4.69) is 19.2 Å². The van der Waals surface area contributed by atoms with Crippen LogP contribution >= 0.6 is 0 Å². The van der Waals surface area contributed by atoms with Gasteiger partial charge in [0, 0.05) is 11.6 Å². The number of nitro groups is 1. The van der Waals surface area contributed by atoms with Crippen molar-refractivity contribution < 1.29 is 14.5 Å². The van der Waals surface area contributed by atoms with Crippen LogP contribution in [0.25, 0.3) is 11.1 Å². The molecule has 35 heavy (non-hydrogen) atoms. The number of ether oxygens (including phenoxy) is 1. The number of carbonyl (C=O) groups excluding carboxylic acids is 1. The lowest BCUT2D eigenvalue weighted by molar-refractivity contribution is -0.384. The summed E-state index contributed by atoms with van der Waals surface area (Å²) in [6.45, 7) is 4.46. The average Bonchev–Trinajstić information content (AvgIpc) is 2.88. The Morgan fingerprint density at radius 2 is 1.54 bits per heavy atom. The zero-order chi connectivity index (χ0) is 24.8. The molecule has 0 radical (unpaired) electrons. The number of non-ortho nitro benzene ring substituents is 1. The summed E-state index contributed by atoms with van der Waals surface area (Å²) in [5.41, 5.74) is 4.94. The fraction of sp³-hybridized carbons (Fsp3) is 0.138. The fourth-order valence-corrected chi connectivity index (χ4v) is 3.65. The second kappa shape index (κ2) is 10.7. The quantitative estimate of drug-likeness (QED) is 0.220. The minimum Gasteiger partial charge on any atom is -0.486 e. The third-order valence-electron chi connectivity index (χ3n) is 5.72. The lowest BCUT2D eigenvalue weighted by Crippen LogP contribution is -2.13. The van der Waals surface area contributed by atoms with Crippen LogP contribution in [0.1, 0.15) is 41.3 Å². The van der Waals surface area contributed by atoms with Crippen LogP contribution < -0.4 is 10.1 Å². The van der Waals surface area contributed by atoms with E-state index in [0.717, 1.165) is 16.7 Å². The van der Waals surface area contributed by atoms with Crippen LogP contribution in [-0.2, 0) is 6.61 Å². The Kier molecular flexibility index (Phi) is 7.21. The molecule has 0 unspecified atom stereocenters. The first-order valence-electron chi connectivity index (χ1n) is 11.4. The molecule has 0 aliphatic heterocycles. The zero-order valence-corrected chi connectivity index (χ0v) is 19.6. The van der Waals surface area contributed by atoms with Crippen LogP contribution in [0.4, 0.5) is 11.4 Å². The Morgan fingerprint density at radius 1 is 0.886 bits per heavy atom. The number of nitro benzene ring substituents is 1. The molecular weight excluding hydrogens is 440 g/mol. The molecule has 0 saturated heterocycles. The summed E-state index contributed by atoms with van der Waals surface area (Å²) in [6, 6.07) is 29.4. The molecule has 4 aromatic carbocycles. The summed E-state index contributed by atoms with van der Waals surface area (Å²) >= 11 is 0. The molecule has 0 heterocycles. The van der Waals surface area contributed by atoms with Gasteiger partial charge in [-0.25, -0.2) is 0 Å². The average molecular weight is 467 g/mol. The van der Waals surface area contributed by atoms with Crippen LogP contribution in [-0.4, -0.2) is 10.8 Å². The van der Waals surface area contributed by atoms with Crippen molar-refractivity contribution in [2.24, 2.45) is 0 Å². The molecule has 1 amide bonds. The van der Waals surface area contributed by atoms with E-state index in [0.29, 0.717) is 17.2 Å². The number of rotatable bonds is 8. The van der Waals surface area contributed by atoms with E-state index in [-0.39, 0.29) is 24.0 Å². The maximum absolute atomic E-state index is 12.9. The summed E-state index contributed by atoms with van der Waals surface area (Å²) in [5.74, 6) is 0.330. The number of anilines is 1. The third kappa shape index (κ3) is 5.92. The van der Waals surface area contributed by atoms with Gasteiger partial charge in [-0.3, -0.25) is 14.9 Å². The highest BCUT2D eigenvalue weighted by atomic mass is 16.6. The molecule has 0 aromatic heterocycles.